The Hall–Kier alpha value is -1.82. The molecule has 0 aliphatic rings. The maximum Gasteiger partial charge on any atom is 0.328 e. The Morgan fingerprint density at radius 1 is 1.15 bits per heavy atom. The number of aliphatic carboxylic acids is 1. The molecule has 1 aromatic rings. The van der Waals surface area contributed by atoms with Gasteiger partial charge in [0.25, 0.3) is 0 Å². The molecule has 0 spiro atoms. The first-order chi connectivity index (χ1) is 9.49. The van der Waals surface area contributed by atoms with Crippen LogP contribution in [0.15, 0.2) is 28.8 Å². The van der Waals surface area contributed by atoms with Crippen molar-refractivity contribution in [3.8, 4) is 11.5 Å². The topological polar surface area (TPSA) is 72.8 Å². The van der Waals surface area contributed by atoms with Crippen molar-refractivity contribution in [3.05, 3.63) is 34.3 Å². The van der Waals surface area contributed by atoms with Crippen LogP contribution in [0.25, 0.3) is 0 Å². The highest BCUT2D eigenvalue weighted by Crippen LogP contribution is 2.34. The van der Waals surface area contributed by atoms with E-state index in [2.05, 4.69) is 15.9 Å². The van der Waals surface area contributed by atoms with E-state index in [1.807, 2.05) is 13.8 Å². The van der Waals surface area contributed by atoms with Crippen LogP contribution < -0.4 is 9.47 Å². The fourth-order valence-electron chi connectivity index (χ4n) is 1.50. The Morgan fingerprint density at radius 3 is 2.20 bits per heavy atom. The van der Waals surface area contributed by atoms with E-state index in [4.69, 9.17) is 14.6 Å². The molecule has 0 bridgehead atoms. The van der Waals surface area contributed by atoms with Crippen molar-refractivity contribution in [1.29, 1.82) is 0 Å². The third kappa shape index (κ3) is 4.38. The van der Waals surface area contributed by atoms with Gasteiger partial charge in [-0.2, -0.15) is 0 Å². The fourth-order valence-corrected chi connectivity index (χ4v) is 2.02. The monoisotopic (exact) mass is 342 g/mol. The highest BCUT2D eigenvalue weighted by atomic mass is 79.9. The van der Waals surface area contributed by atoms with Crippen LogP contribution in [-0.4, -0.2) is 30.1 Å². The summed E-state index contributed by atoms with van der Waals surface area (Å²) in [5.74, 6) is -0.627. The molecule has 0 amide bonds. The maximum absolute atomic E-state index is 11.9. The second kappa shape index (κ2) is 7.69. The number of hydrogen-bond acceptors (Lipinski definition) is 4. The summed E-state index contributed by atoms with van der Waals surface area (Å²) in [6, 6.07) is 3.17. The van der Waals surface area contributed by atoms with Crippen LogP contribution in [0.1, 0.15) is 24.2 Å². The smallest absolute Gasteiger partial charge is 0.328 e. The second-order valence-electron chi connectivity index (χ2n) is 3.68. The molecule has 6 heteroatoms. The molecular formula is C14H15BrO5. The number of carbonyl (C=O) groups excluding carboxylic acids is 1. The van der Waals surface area contributed by atoms with Gasteiger partial charge in [0.05, 0.1) is 13.2 Å². The lowest BCUT2D eigenvalue weighted by Gasteiger charge is -2.13. The summed E-state index contributed by atoms with van der Waals surface area (Å²) in [4.78, 5) is 22.4. The molecule has 1 rings (SSSR count). The fraction of sp³-hybridized carbons (Fsp3) is 0.286. The lowest BCUT2D eigenvalue weighted by Crippen LogP contribution is -2.03. The number of hydrogen-bond donors (Lipinski definition) is 1. The number of rotatable bonds is 7. The first-order valence-corrected chi connectivity index (χ1v) is 6.83. The minimum absolute atomic E-state index is 0.314. The third-order valence-corrected chi connectivity index (χ3v) is 2.93. The van der Waals surface area contributed by atoms with Gasteiger partial charge in [-0.25, -0.2) is 4.79 Å². The van der Waals surface area contributed by atoms with Gasteiger partial charge in [-0.05, 0) is 48.0 Å². The van der Waals surface area contributed by atoms with E-state index < -0.39 is 11.8 Å². The highest BCUT2D eigenvalue weighted by Gasteiger charge is 2.14. The zero-order valence-electron chi connectivity index (χ0n) is 11.2. The zero-order chi connectivity index (χ0) is 15.1. The number of allylic oxidation sites excluding steroid dienone is 1. The molecule has 20 heavy (non-hydrogen) atoms. The van der Waals surface area contributed by atoms with Crippen molar-refractivity contribution in [1.82, 2.24) is 0 Å². The molecule has 0 unspecified atom stereocenters. The average molecular weight is 343 g/mol. The average Bonchev–Trinajstić information content (AvgIpc) is 2.39. The molecule has 0 atom stereocenters. The van der Waals surface area contributed by atoms with Crippen LogP contribution in [0, 0.1) is 0 Å². The van der Waals surface area contributed by atoms with Gasteiger partial charge in [0, 0.05) is 16.1 Å². The van der Waals surface area contributed by atoms with E-state index in [0.29, 0.717) is 34.7 Å². The Bertz CT molecular complexity index is 537. The number of benzene rings is 1. The number of ketones is 1. The number of ether oxygens (including phenoxy) is 2. The third-order valence-electron chi connectivity index (χ3n) is 2.28. The van der Waals surface area contributed by atoms with Crippen LogP contribution in [0.4, 0.5) is 0 Å². The van der Waals surface area contributed by atoms with E-state index >= 15 is 0 Å². The van der Waals surface area contributed by atoms with Crippen LogP contribution in [0.3, 0.4) is 0 Å². The number of carboxylic acid groups (broad SMARTS) is 1. The lowest BCUT2D eigenvalue weighted by molar-refractivity contribution is -0.131. The van der Waals surface area contributed by atoms with Gasteiger partial charge < -0.3 is 14.6 Å². The van der Waals surface area contributed by atoms with Gasteiger partial charge in [0.2, 0.25) is 0 Å². The zero-order valence-corrected chi connectivity index (χ0v) is 12.8. The molecule has 0 aromatic heterocycles. The maximum atomic E-state index is 11.9. The second-order valence-corrected chi connectivity index (χ2v) is 4.53. The summed E-state index contributed by atoms with van der Waals surface area (Å²) in [5, 5.41) is 8.54. The molecule has 108 valence electrons. The number of carbonyl (C=O) groups is 2. The lowest BCUT2D eigenvalue weighted by atomic mass is 10.1. The quantitative estimate of drug-likeness (QED) is 0.608. The molecule has 1 aromatic carbocycles. The van der Waals surface area contributed by atoms with Crippen LogP contribution in [-0.2, 0) is 4.79 Å². The predicted octanol–water partition coefficient (Wildman–Crippen LogP) is 3.07. The summed E-state index contributed by atoms with van der Waals surface area (Å²) < 4.78 is 11.4. The number of carboxylic acids is 1. The largest absolute Gasteiger partial charge is 0.490 e. The van der Waals surface area contributed by atoms with Crippen molar-refractivity contribution < 1.29 is 24.2 Å². The van der Waals surface area contributed by atoms with Crippen molar-refractivity contribution >= 4 is 27.7 Å². The van der Waals surface area contributed by atoms with E-state index in [0.717, 1.165) is 12.2 Å². The van der Waals surface area contributed by atoms with Gasteiger partial charge in [0.1, 0.15) is 0 Å². The molecule has 0 aliphatic heterocycles. The predicted molar refractivity (Wildman–Crippen MR) is 77.6 cm³/mol. The summed E-state index contributed by atoms with van der Waals surface area (Å²) in [7, 11) is 0. The number of halogens is 1. The Kier molecular flexibility index (Phi) is 6.24. The van der Waals surface area contributed by atoms with E-state index in [1.165, 1.54) is 6.07 Å². The Balaban J connectivity index is 3.17. The van der Waals surface area contributed by atoms with Gasteiger partial charge in [0.15, 0.2) is 17.3 Å². The van der Waals surface area contributed by atoms with Crippen LogP contribution in [0.2, 0.25) is 0 Å². The molecule has 0 fully saturated rings. The van der Waals surface area contributed by atoms with Crippen LogP contribution >= 0.6 is 15.9 Å². The first-order valence-electron chi connectivity index (χ1n) is 6.04. The molecule has 0 aliphatic carbocycles. The van der Waals surface area contributed by atoms with Crippen molar-refractivity contribution in [3.63, 3.8) is 0 Å². The van der Waals surface area contributed by atoms with Gasteiger partial charge >= 0.3 is 5.97 Å². The summed E-state index contributed by atoms with van der Waals surface area (Å²) >= 11 is 3.27. The molecular weight excluding hydrogens is 328 g/mol. The van der Waals surface area contributed by atoms with Gasteiger partial charge in [-0.3, -0.25) is 4.79 Å². The van der Waals surface area contributed by atoms with Crippen molar-refractivity contribution in [2.45, 2.75) is 13.8 Å². The van der Waals surface area contributed by atoms with Crippen molar-refractivity contribution in [2.24, 2.45) is 0 Å². The molecule has 0 saturated carbocycles. The Morgan fingerprint density at radius 2 is 1.70 bits per heavy atom. The van der Waals surface area contributed by atoms with Crippen LogP contribution in [0.5, 0.6) is 11.5 Å². The minimum atomic E-state index is -1.18. The molecule has 1 N–H and O–H groups in total. The normalized spacial score (nSPS) is 10.6. The standard InChI is InChI=1S/C14H15BrO5/c1-3-19-12-7-9(11(16)5-6-14(17)18)10(15)8-13(12)20-4-2/h5-8H,3-4H2,1-2H3,(H,17,18). The van der Waals surface area contributed by atoms with Crippen molar-refractivity contribution in [2.75, 3.05) is 13.2 Å². The van der Waals surface area contributed by atoms with Gasteiger partial charge in [-0.1, -0.05) is 0 Å². The van der Waals surface area contributed by atoms with E-state index in [1.54, 1.807) is 6.07 Å². The molecule has 0 radical (unpaired) electrons. The summed E-state index contributed by atoms with van der Waals surface area (Å²) in [6.07, 6.45) is 1.80. The summed E-state index contributed by atoms with van der Waals surface area (Å²) in [6.45, 7) is 4.57. The van der Waals surface area contributed by atoms with E-state index in [-0.39, 0.29) is 0 Å². The molecule has 0 saturated heterocycles. The van der Waals surface area contributed by atoms with Gasteiger partial charge in [-0.15, -0.1) is 0 Å². The van der Waals surface area contributed by atoms with E-state index in [9.17, 15) is 9.59 Å². The SMILES string of the molecule is CCOc1cc(Br)c(C(=O)C=CC(=O)O)cc1OCC. The highest BCUT2D eigenvalue weighted by molar-refractivity contribution is 9.10. The molecule has 5 nitrogen and oxygen atoms in total. The molecule has 0 heterocycles. The Labute approximate surface area is 125 Å². The summed E-state index contributed by atoms with van der Waals surface area (Å²) in [5.41, 5.74) is 0.314. The first kappa shape index (κ1) is 16.2. The minimum Gasteiger partial charge on any atom is -0.490 e.